The molecule has 0 atom stereocenters. The summed E-state index contributed by atoms with van der Waals surface area (Å²) in [7, 11) is 3.11. The van der Waals surface area contributed by atoms with Gasteiger partial charge in [0, 0.05) is 11.0 Å². The van der Waals surface area contributed by atoms with Gasteiger partial charge < -0.3 is 15.2 Å². The summed E-state index contributed by atoms with van der Waals surface area (Å²) in [6, 6.07) is 3.41. The third-order valence-electron chi connectivity index (χ3n) is 1.88. The van der Waals surface area contributed by atoms with Gasteiger partial charge in [-0.05, 0) is 6.07 Å². The molecule has 0 amide bonds. The van der Waals surface area contributed by atoms with Crippen LogP contribution in [0.25, 0.3) is 0 Å². The maximum atomic E-state index is 5.55. The van der Waals surface area contributed by atoms with Gasteiger partial charge in [0.15, 0.2) is 11.5 Å². The number of nitrogens with two attached hydrogens (primary N) is 1. The molecular weight excluding hydrogens is 248 g/mol. The van der Waals surface area contributed by atoms with Gasteiger partial charge in [-0.1, -0.05) is 0 Å². The van der Waals surface area contributed by atoms with Gasteiger partial charge in [-0.3, -0.25) is 0 Å². The fraction of sp³-hybridized carbons (Fsp3) is 0.300. The number of ether oxygens (including phenoxy) is 2. The van der Waals surface area contributed by atoms with E-state index in [2.05, 4.69) is 17.6 Å². The first-order valence-corrected chi connectivity index (χ1v) is 5.44. The smallest absolute Gasteiger partial charge is 0.162 e. The van der Waals surface area contributed by atoms with Crippen molar-refractivity contribution in [2.75, 3.05) is 20.1 Å². The normalized spacial score (nSPS) is 11.4. The van der Waals surface area contributed by atoms with Gasteiger partial charge in [0.2, 0.25) is 0 Å². The summed E-state index contributed by atoms with van der Waals surface area (Å²) in [5.41, 5.74) is 6.14. The second-order valence-electron chi connectivity index (χ2n) is 2.93. The Balaban J connectivity index is 3.21. The second kappa shape index (κ2) is 5.86. The van der Waals surface area contributed by atoms with E-state index in [9.17, 15) is 0 Å². The number of methoxy groups -OCH3 is 2. The van der Waals surface area contributed by atoms with E-state index >= 15 is 0 Å². The number of halogens is 1. The summed E-state index contributed by atoms with van der Waals surface area (Å²) in [5, 5.41) is 0. The van der Waals surface area contributed by atoms with E-state index < -0.39 is 0 Å². The molecule has 0 saturated carbocycles. The van der Waals surface area contributed by atoms with Gasteiger partial charge in [0.25, 0.3) is 0 Å². The molecule has 6 heteroatoms. The lowest BCUT2D eigenvalue weighted by molar-refractivity contribution is 0.354. The van der Waals surface area contributed by atoms with Gasteiger partial charge >= 0.3 is 0 Å². The molecule has 0 aliphatic heterocycles. The van der Waals surface area contributed by atoms with Gasteiger partial charge in [-0.25, -0.2) is 4.99 Å². The molecule has 1 rings (SSSR count). The quantitative estimate of drug-likeness (QED) is 0.378. The second-order valence-corrected chi connectivity index (χ2v) is 3.68. The molecular formula is C10H13ClN2O2S. The first-order valence-electron chi connectivity index (χ1n) is 4.46. The number of hydrogen-bond donors (Lipinski definition) is 2. The summed E-state index contributed by atoms with van der Waals surface area (Å²) in [4.78, 5) is 4.76. The van der Waals surface area contributed by atoms with Gasteiger partial charge in [0.1, 0.15) is 5.84 Å². The molecule has 0 aromatic heterocycles. The third kappa shape index (κ3) is 2.96. The Morgan fingerprint density at radius 2 is 1.94 bits per heavy atom. The molecule has 4 nitrogen and oxygen atoms in total. The molecule has 0 saturated heterocycles. The SMILES string of the molecule is COc1cc(S)c(N=C(N)CCl)cc1OC. The molecule has 1 aromatic rings. The van der Waals surface area contributed by atoms with Crippen molar-refractivity contribution in [3.8, 4) is 11.5 Å². The van der Waals surface area contributed by atoms with Crippen molar-refractivity contribution in [2.24, 2.45) is 10.7 Å². The van der Waals surface area contributed by atoms with Crippen LogP contribution in [0.1, 0.15) is 0 Å². The molecule has 0 spiro atoms. The van der Waals surface area contributed by atoms with Crippen LogP contribution < -0.4 is 15.2 Å². The van der Waals surface area contributed by atoms with E-state index in [4.69, 9.17) is 26.8 Å². The van der Waals surface area contributed by atoms with Crippen LogP contribution in [0.3, 0.4) is 0 Å². The van der Waals surface area contributed by atoms with Crippen molar-refractivity contribution in [1.82, 2.24) is 0 Å². The first-order chi connectivity index (χ1) is 7.62. The molecule has 0 heterocycles. The summed E-state index contributed by atoms with van der Waals surface area (Å²) in [5.74, 6) is 1.66. The van der Waals surface area contributed by atoms with Crippen LogP contribution in [0.4, 0.5) is 5.69 Å². The van der Waals surface area contributed by atoms with E-state index in [1.165, 1.54) is 0 Å². The maximum Gasteiger partial charge on any atom is 0.162 e. The molecule has 0 fully saturated rings. The molecule has 0 aliphatic carbocycles. The molecule has 2 N–H and O–H groups in total. The number of aliphatic imine (C=N–C) groups is 1. The molecule has 0 bridgehead atoms. The van der Waals surface area contributed by atoms with Crippen LogP contribution in [0.15, 0.2) is 22.0 Å². The van der Waals surface area contributed by atoms with Crippen molar-refractivity contribution in [1.29, 1.82) is 0 Å². The number of alkyl halides is 1. The van der Waals surface area contributed by atoms with Crippen molar-refractivity contribution >= 4 is 35.8 Å². The van der Waals surface area contributed by atoms with Crippen molar-refractivity contribution < 1.29 is 9.47 Å². The molecule has 1 aromatic carbocycles. The average Bonchev–Trinajstić information content (AvgIpc) is 2.30. The minimum Gasteiger partial charge on any atom is -0.493 e. The largest absolute Gasteiger partial charge is 0.493 e. The molecule has 0 radical (unpaired) electrons. The highest BCUT2D eigenvalue weighted by Crippen LogP contribution is 2.36. The number of benzene rings is 1. The highest BCUT2D eigenvalue weighted by molar-refractivity contribution is 7.80. The monoisotopic (exact) mass is 260 g/mol. The van der Waals surface area contributed by atoms with Crippen molar-refractivity contribution in [2.45, 2.75) is 4.90 Å². The number of nitrogens with zero attached hydrogens (tertiary/aromatic N) is 1. The van der Waals surface area contributed by atoms with Gasteiger partial charge in [-0.15, -0.1) is 24.2 Å². The predicted molar refractivity (Wildman–Crippen MR) is 68.8 cm³/mol. The Morgan fingerprint density at radius 1 is 1.38 bits per heavy atom. The molecule has 0 unspecified atom stereocenters. The highest BCUT2D eigenvalue weighted by atomic mass is 35.5. The Labute approximate surface area is 105 Å². The van der Waals surface area contributed by atoms with Crippen LogP contribution in [-0.2, 0) is 0 Å². The fourth-order valence-electron chi connectivity index (χ4n) is 1.13. The minimum absolute atomic E-state index is 0.168. The van der Waals surface area contributed by atoms with Crippen molar-refractivity contribution in [3.05, 3.63) is 12.1 Å². The summed E-state index contributed by atoms with van der Waals surface area (Å²) < 4.78 is 10.3. The highest BCUT2D eigenvalue weighted by Gasteiger charge is 2.08. The fourth-order valence-corrected chi connectivity index (χ4v) is 1.42. The van der Waals surface area contributed by atoms with Gasteiger partial charge in [0.05, 0.1) is 25.8 Å². The lowest BCUT2D eigenvalue weighted by Gasteiger charge is -2.10. The Kier molecular flexibility index (Phi) is 4.76. The number of rotatable bonds is 4. The lowest BCUT2D eigenvalue weighted by Crippen LogP contribution is -2.12. The number of thiol groups is 1. The minimum atomic E-state index is 0.168. The zero-order valence-electron chi connectivity index (χ0n) is 9.03. The average molecular weight is 261 g/mol. The molecule has 88 valence electrons. The van der Waals surface area contributed by atoms with E-state index in [0.29, 0.717) is 27.9 Å². The summed E-state index contributed by atoms with van der Waals surface area (Å²) in [6.07, 6.45) is 0. The Bertz CT molecular complexity index is 410. The Morgan fingerprint density at radius 3 is 2.44 bits per heavy atom. The van der Waals surface area contributed by atoms with E-state index in [1.54, 1.807) is 26.4 Å². The van der Waals surface area contributed by atoms with E-state index in [1.807, 2.05) is 0 Å². The molecule has 0 aliphatic rings. The topological polar surface area (TPSA) is 56.8 Å². The zero-order valence-corrected chi connectivity index (χ0v) is 10.7. The zero-order chi connectivity index (χ0) is 12.1. The maximum absolute atomic E-state index is 5.55. The molecule has 16 heavy (non-hydrogen) atoms. The first kappa shape index (κ1) is 13.0. The summed E-state index contributed by atoms with van der Waals surface area (Å²) in [6.45, 7) is 0. The standard InChI is InChI=1S/C10H13ClN2O2S/c1-14-7-3-6(13-10(12)5-11)9(16)4-8(7)15-2/h3-4,16H,5H2,1-2H3,(H2,12,13). The van der Waals surface area contributed by atoms with E-state index in [0.717, 1.165) is 0 Å². The van der Waals surface area contributed by atoms with Gasteiger partial charge in [-0.2, -0.15) is 0 Å². The van der Waals surface area contributed by atoms with Crippen LogP contribution in [0, 0.1) is 0 Å². The third-order valence-corrected chi connectivity index (χ3v) is 2.51. The Hall–Kier alpha value is -1.07. The van der Waals surface area contributed by atoms with Crippen LogP contribution in [0.5, 0.6) is 11.5 Å². The lowest BCUT2D eigenvalue weighted by atomic mass is 10.2. The number of amidine groups is 1. The van der Waals surface area contributed by atoms with E-state index in [-0.39, 0.29) is 5.88 Å². The predicted octanol–water partition coefficient (Wildman–Crippen LogP) is 2.22. The van der Waals surface area contributed by atoms with Crippen molar-refractivity contribution in [3.63, 3.8) is 0 Å². The summed E-state index contributed by atoms with van der Waals surface area (Å²) >= 11 is 9.83. The number of hydrogen-bond acceptors (Lipinski definition) is 4. The van der Waals surface area contributed by atoms with Crippen LogP contribution >= 0.6 is 24.2 Å². The van der Waals surface area contributed by atoms with Crippen LogP contribution in [0.2, 0.25) is 0 Å². The van der Waals surface area contributed by atoms with Crippen LogP contribution in [-0.4, -0.2) is 25.9 Å².